The molecule has 2 aromatic rings. The van der Waals surface area contributed by atoms with Gasteiger partial charge in [-0.15, -0.1) is 6.42 Å². The number of pyridine rings is 1. The second-order valence-electron chi connectivity index (χ2n) is 3.69. The summed E-state index contributed by atoms with van der Waals surface area (Å²) in [4.78, 5) is 4.32. The average molecular weight is 287 g/mol. The highest BCUT2D eigenvalue weighted by Gasteiger charge is 2.02. The largest absolute Gasteiger partial charge is 0.339 e. The molecule has 0 spiro atoms. The van der Waals surface area contributed by atoms with Crippen molar-refractivity contribution in [2.24, 2.45) is 0 Å². The molecular formula is C14H11BrN2. The van der Waals surface area contributed by atoms with Crippen molar-refractivity contribution in [3.63, 3.8) is 0 Å². The first-order valence-electron chi connectivity index (χ1n) is 5.15. The van der Waals surface area contributed by atoms with Gasteiger partial charge in [-0.1, -0.05) is 12.0 Å². The minimum atomic E-state index is 0.782. The van der Waals surface area contributed by atoms with Gasteiger partial charge < -0.3 is 5.32 Å². The fourth-order valence-corrected chi connectivity index (χ4v) is 2.01. The van der Waals surface area contributed by atoms with Crippen LogP contribution in [0.1, 0.15) is 11.1 Å². The van der Waals surface area contributed by atoms with E-state index in [0.29, 0.717) is 0 Å². The Labute approximate surface area is 109 Å². The van der Waals surface area contributed by atoms with Gasteiger partial charge in [0.15, 0.2) is 0 Å². The molecule has 0 aliphatic heterocycles. The highest BCUT2D eigenvalue weighted by Crippen LogP contribution is 2.24. The number of hydrogen-bond acceptors (Lipinski definition) is 2. The molecule has 0 fully saturated rings. The lowest BCUT2D eigenvalue weighted by Crippen LogP contribution is -1.95. The van der Waals surface area contributed by atoms with Crippen molar-refractivity contribution < 1.29 is 0 Å². The lowest BCUT2D eigenvalue weighted by molar-refractivity contribution is 1.24. The van der Waals surface area contributed by atoms with Crippen molar-refractivity contribution in [2.75, 3.05) is 5.32 Å². The van der Waals surface area contributed by atoms with Gasteiger partial charge in [0, 0.05) is 17.4 Å². The molecule has 0 radical (unpaired) electrons. The van der Waals surface area contributed by atoms with Gasteiger partial charge in [-0.2, -0.15) is 0 Å². The van der Waals surface area contributed by atoms with E-state index in [1.54, 1.807) is 0 Å². The summed E-state index contributed by atoms with van der Waals surface area (Å²) in [6, 6.07) is 9.69. The molecule has 0 aliphatic carbocycles. The molecule has 2 nitrogen and oxygen atoms in total. The van der Waals surface area contributed by atoms with Crippen LogP contribution in [0.5, 0.6) is 0 Å². The second-order valence-corrected chi connectivity index (χ2v) is 4.55. The minimum absolute atomic E-state index is 0.782. The van der Waals surface area contributed by atoms with Crippen LogP contribution in [0.2, 0.25) is 0 Å². The van der Waals surface area contributed by atoms with Crippen molar-refractivity contribution in [1.29, 1.82) is 0 Å². The maximum absolute atomic E-state index is 5.36. The van der Waals surface area contributed by atoms with Crippen LogP contribution in [-0.2, 0) is 0 Å². The van der Waals surface area contributed by atoms with Gasteiger partial charge >= 0.3 is 0 Å². The van der Waals surface area contributed by atoms with E-state index in [1.165, 1.54) is 0 Å². The molecule has 0 saturated heterocycles. The summed E-state index contributed by atoms with van der Waals surface area (Å²) in [5, 5.41) is 3.22. The molecule has 17 heavy (non-hydrogen) atoms. The molecule has 0 saturated carbocycles. The minimum Gasteiger partial charge on any atom is -0.339 e. The van der Waals surface area contributed by atoms with Gasteiger partial charge in [-0.05, 0) is 52.7 Å². The highest BCUT2D eigenvalue weighted by molar-refractivity contribution is 9.10. The van der Waals surface area contributed by atoms with Crippen LogP contribution in [0, 0.1) is 19.3 Å². The Kier molecular flexibility index (Phi) is 3.46. The number of aryl methyl sites for hydroxylation is 1. The molecular weight excluding hydrogens is 276 g/mol. The number of nitrogens with one attached hydrogen (secondary N) is 1. The summed E-state index contributed by atoms with van der Waals surface area (Å²) < 4.78 is 0.934. The van der Waals surface area contributed by atoms with Crippen LogP contribution in [0.25, 0.3) is 0 Å². The monoisotopic (exact) mass is 286 g/mol. The van der Waals surface area contributed by atoms with Crippen molar-refractivity contribution >= 4 is 27.4 Å². The van der Waals surface area contributed by atoms with Gasteiger partial charge in [0.25, 0.3) is 0 Å². The maximum atomic E-state index is 5.36. The lowest BCUT2D eigenvalue weighted by atomic mass is 10.2. The molecule has 0 bridgehead atoms. The zero-order valence-corrected chi connectivity index (χ0v) is 11.0. The Bertz CT molecular complexity index is 585. The summed E-state index contributed by atoms with van der Waals surface area (Å²) in [6.07, 6.45) is 7.18. The Hall–Kier alpha value is -1.79. The van der Waals surface area contributed by atoms with Crippen LogP contribution in [-0.4, -0.2) is 4.98 Å². The number of anilines is 2. The molecule has 3 heteroatoms. The van der Waals surface area contributed by atoms with Crippen LogP contribution in [0.15, 0.2) is 41.0 Å². The SMILES string of the molecule is C#Cc1cccc(Nc2ncc(C)cc2Br)c1. The first-order valence-corrected chi connectivity index (χ1v) is 5.94. The van der Waals surface area contributed by atoms with Crippen LogP contribution >= 0.6 is 15.9 Å². The molecule has 1 N–H and O–H groups in total. The third kappa shape index (κ3) is 2.86. The summed E-state index contributed by atoms with van der Waals surface area (Å²) >= 11 is 3.47. The van der Waals surface area contributed by atoms with E-state index in [0.717, 1.165) is 27.1 Å². The Morgan fingerprint density at radius 3 is 2.88 bits per heavy atom. The molecule has 0 atom stereocenters. The average Bonchev–Trinajstić information content (AvgIpc) is 2.33. The van der Waals surface area contributed by atoms with E-state index >= 15 is 0 Å². The van der Waals surface area contributed by atoms with Crippen molar-refractivity contribution in [3.8, 4) is 12.3 Å². The topological polar surface area (TPSA) is 24.9 Å². The zero-order chi connectivity index (χ0) is 12.3. The summed E-state index contributed by atoms with van der Waals surface area (Å²) in [6.45, 7) is 2.00. The molecule has 0 aliphatic rings. The number of benzene rings is 1. The van der Waals surface area contributed by atoms with E-state index in [9.17, 15) is 0 Å². The molecule has 1 heterocycles. The number of hydrogen-bond donors (Lipinski definition) is 1. The number of terminal acetylenes is 1. The number of nitrogens with zero attached hydrogens (tertiary/aromatic N) is 1. The Balaban J connectivity index is 2.28. The first kappa shape index (κ1) is 11.7. The van der Waals surface area contributed by atoms with E-state index in [1.807, 2.05) is 43.5 Å². The van der Waals surface area contributed by atoms with Crippen LogP contribution in [0.3, 0.4) is 0 Å². The third-order valence-electron chi connectivity index (χ3n) is 2.27. The van der Waals surface area contributed by atoms with Crippen LogP contribution < -0.4 is 5.32 Å². The molecule has 0 unspecified atom stereocenters. The molecule has 1 aromatic carbocycles. The van der Waals surface area contributed by atoms with Crippen molar-refractivity contribution in [1.82, 2.24) is 4.98 Å². The summed E-state index contributed by atoms with van der Waals surface area (Å²) in [5.74, 6) is 3.39. The fourth-order valence-electron chi connectivity index (χ4n) is 1.45. The van der Waals surface area contributed by atoms with E-state index in [2.05, 4.69) is 32.2 Å². The third-order valence-corrected chi connectivity index (χ3v) is 2.87. The van der Waals surface area contributed by atoms with Gasteiger partial charge in [0.2, 0.25) is 0 Å². The fraction of sp³-hybridized carbons (Fsp3) is 0.0714. The van der Waals surface area contributed by atoms with Gasteiger partial charge in [0.1, 0.15) is 5.82 Å². The van der Waals surface area contributed by atoms with Crippen LogP contribution in [0.4, 0.5) is 11.5 Å². The highest BCUT2D eigenvalue weighted by atomic mass is 79.9. The van der Waals surface area contributed by atoms with Gasteiger partial charge in [0.05, 0.1) is 4.47 Å². The molecule has 84 valence electrons. The summed E-state index contributed by atoms with van der Waals surface area (Å²) in [5.41, 5.74) is 2.88. The normalized spacial score (nSPS) is 9.71. The Morgan fingerprint density at radius 1 is 1.35 bits per heavy atom. The second kappa shape index (κ2) is 5.03. The molecule has 1 aromatic heterocycles. The van der Waals surface area contributed by atoms with Gasteiger partial charge in [-0.3, -0.25) is 0 Å². The lowest BCUT2D eigenvalue weighted by Gasteiger charge is -2.08. The summed E-state index contributed by atoms with van der Waals surface area (Å²) in [7, 11) is 0. The smallest absolute Gasteiger partial charge is 0.144 e. The van der Waals surface area contributed by atoms with Crippen molar-refractivity contribution in [2.45, 2.75) is 6.92 Å². The van der Waals surface area contributed by atoms with E-state index in [4.69, 9.17) is 6.42 Å². The quantitative estimate of drug-likeness (QED) is 0.848. The van der Waals surface area contributed by atoms with E-state index < -0.39 is 0 Å². The maximum Gasteiger partial charge on any atom is 0.144 e. The standard InChI is InChI=1S/C14H11BrN2/c1-3-11-5-4-6-12(8-11)17-14-13(15)7-10(2)9-16-14/h1,4-9H,2H3,(H,16,17). The predicted octanol–water partition coefficient (Wildman–Crippen LogP) is 3.88. The number of rotatable bonds is 2. The van der Waals surface area contributed by atoms with Gasteiger partial charge in [-0.25, -0.2) is 4.98 Å². The Morgan fingerprint density at radius 2 is 2.18 bits per heavy atom. The zero-order valence-electron chi connectivity index (χ0n) is 9.37. The molecule has 0 amide bonds. The molecule has 2 rings (SSSR count). The number of halogens is 1. The number of aromatic nitrogens is 1. The first-order chi connectivity index (χ1) is 8.19. The van der Waals surface area contributed by atoms with Crippen molar-refractivity contribution in [3.05, 3.63) is 52.1 Å². The predicted molar refractivity (Wildman–Crippen MR) is 74.3 cm³/mol. The van der Waals surface area contributed by atoms with E-state index in [-0.39, 0.29) is 0 Å².